The minimum absolute atomic E-state index is 0.221. The highest BCUT2D eigenvalue weighted by Gasteiger charge is 2.35. The second kappa shape index (κ2) is 5.66. The van der Waals surface area contributed by atoms with Gasteiger partial charge in [-0.3, -0.25) is 10.0 Å². The highest BCUT2D eigenvalue weighted by Crippen LogP contribution is 2.46. The van der Waals surface area contributed by atoms with Crippen molar-refractivity contribution in [3.63, 3.8) is 0 Å². The Labute approximate surface area is 116 Å². The summed E-state index contributed by atoms with van der Waals surface area (Å²) in [6.07, 6.45) is 10.1. The van der Waals surface area contributed by atoms with Crippen molar-refractivity contribution in [2.75, 3.05) is 7.05 Å². The molecule has 0 radical (unpaired) electrons. The van der Waals surface area contributed by atoms with Crippen LogP contribution in [0.2, 0.25) is 0 Å². The second-order valence-corrected chi connectivity index (χ2v) is 7.03. The topological polar surface area (TPSA) is 40.5 Å². The molecule has 1 amide bonds. The zero-order valence-corrected chi connectivity index (χ0v) is 12.5. The predicted octanol–water partition coefficient (Wildman–Crippen LogP) is 3.78. The Balaban J connectivity index is 2.21. The maximum atomic E-state index is 12.0. The van der Waals surface area contributed by atoms with Crippen LogP contribution in [-0.4, -0.2) is 23.2 Å². The number of carbonyl (C=O) groups is 1. The van der Waals surface area contributed by atoms with Crippen LogP contribution in [-0.2, 0) is 4.79 Å². The zero-order chi connectivity index (χ0) is 14.0. The Morgan fingerprint density at radius 2 is 2.11 bits per heavy atom. The van der Waals surface area contributed by atoms with E-state index in [9.17, 15) is 10.0 Å². The molecule has 2 bridgehead atoms. The van der Waals surface area contributed by atoms with E-state index in [2.05, 4.69) is 19.9 Å². The molecule has 0 aromatic heterocycles. The molecule has 3 heteroatoms. The highest BCUT2D eigenvalue weighted by atomic mass is 16.5. The fraction of sp³-hybridized carbons (Fsp3) is 0.812. The van der Waals surface area contributed by atoms with Crippen LogP contribution in [0.1, 0.15) is 58.8 Å². The average molecular weight is 265 g/mol. The summed E-state index contributed by atoms with van der Waals surface area (Å²) in [5.41, 5.74) is 1.20. The van der Waals surface area contributed by atoms with Crippen molar-refractivity contribution in [1.82, 2.24) is 5.06 Å². The van der Waals surface area contributed by atoms with Gasteiger partial charge >= 0.3 is 0 Å². The average Bonchev–Trinajstić information content (AvgIpc) is 2.43. The summed E-state index contributed by atoms with van der Waals surface area (Å²) < 4.78 is 0. The van der Waals surface area contributed by atoms with E-state index < -0.39 is 0 Å². The number of rotatable bonds is 1. The molecule has 2 aliphatic rings. The Morgan fingerprint density at radius 1 is 1.37 bits per heavy atom. The quantitative estimate of drug-likeness (QED) is 0.579. The maximum Gasteiger partial charge on any atom is 0.272 e. The van der Waals surface area contributed by atoms with E-state index in [1.165, 1.54) is 39.2 Å². The van der Waals surface area contributed by atoms with Crippen molar-refractivity contribution in [3.8, 4) is 0 Å². The Hall–Kier alpha value is -0.830. The zero-order valence-electron chi connectivity index (χ0n) is 12.5. The number of hydrogen-bond donors (Lipinski definition) is 1. The first-order valence-corrected chi connectivity index (χ1v) is 7.56. The third-order valence-corrected chi connectivity index (χ3v) is 5.07. The number of hydroxylamine groups is 2. The Bertz CT molecular complexity index is 371. The SMILES string of the molecule is CN(O)C(=O)C1=CCCC2CCCC(C1)CC2(C)C. The maximum absolute atomic E-state index is 12.0. The molecular weight excluding hydrogens is 238 g/mol. The number of amides is 1. The van der Waals surface area contributed by atoms with E-state index >= 15 is 0 Å². The number of allylic oxidation sites excluding steroid dienone is 1. The van der Waals surface area contributed by atoms with Crippen LogP contribution in [0.15, 0.2) is 11.6 Å². The lowest BCUT2D eigenvalue weighted by Crippen LogP contribution is -2.26. The van der Waals surface area contributed by atoms with Gasteiger partial charge in [0.1, 0.15) is 0 Å². The van der Waals surface area contributed by atoms with Gasteiger partial charge in [0.2, 0.25) is 0 Å². The molecule has 2 atom stereocenters. The molecule has 0 aliphatic heterocycles. The van der Waals surface area contributed by atoms with E-state index in [0.29, 0.717) is 11.3 Å². The number of carbonyl (C=O) groups excluding carboxylic acids is 1. The van der Waals surface area contributed by atoms with Crippen molar-refractivity contribution in [2.45, 2.75) is 58.8 Å². The molecule has 3 nitrogen and oxygen atoms in total. The second-order valence-electron chi connectivity index (χ2n) is 7.03. The summed E-state index contributed by atoms with van der Waals surface area (Å²) >= 11 is 0. The molecule has 1 fully saturated rings. The number of nitrogens with zero attached hydrogens (tertiary/aromatic N) is 1. The van der Waals surface area contributed by atoms with E-state index in [-0.39, 0.29) is 5.91 Å². The fourth-order valence-corrected chi connectivity index (χ4v) is 4.00. The van der Waals surface area contributed by atoms with Gasteiger partial charge in [-0.05, 0) is 49.4 Å². The standard InChI is InChI=1S/C16H27NO2/c1-16(2)11-12-6-4-8-14(16)9-5-7-13(10-12)15(18)17(3)19/h7,12,14,19H,4-6,8-11H2,1-3H3. The van der Waals surface area contributed by atoms with Crippen molar-refractivity contribution < 1.29 is 10.0 Å². The van der Waals surface area contributed by atoms with Crippen molar-refractivity contribution >= 4 is 5.91 Å². The van der Waals surface area contributed by atoms with Gasteiger partial charge in [-0.2, -0.15) is 0 Å². The summed E-state index contributed by atoms with van der Waals surface area (Å²) in [4.78, 5) is 12.0. The van der Waals surface area contributed by atoms with E-state index in [1.807, 2.05) is 0 Å². The first-order valence-electron chi connectivity index (χ1n) is 7.56. The molecule has 1 saturated carbocycles. The lowest BCUT2D eigenvalue weighted by atomic mass is 9.71. The van der Waals surface area contributed by atoms with Gasteiger partial charge in [0.25, 0.3) is 5.91 Å². The van der Waals surface area contributed by atoms with E-state index in [1.54, 1.807) is 0 Å². The van der Waals surface area contributed by atoms with E-state index in [0.717, 1.165) is 29.4 Å². The third-order valence-electron chi connectivity index (χ3n) is 5.07. The number of likely N-dealkylation sites (N-methyl/N-ethyl adjacent to an activating group) is 1. The molecule has 2 aliphatic carbocycles. The fourth-order valence-electron chi connectivity index (χ4n) is 4.00. The normalized spacial score (nSPS) is 30.6. The highest BCUT2D eigenvalue weighted by molar-refractivity contribution is 5.92. The Morgan fingerprint density at radius 3 is 2.79 bits per heavy atom. The van der Waals surface area contributed by atoms with Crippen LogP contribution in [0.5, 0.6) is 0 Å². The number of hydrogen-bond acceptors (Lipinski definition) is 2. The largest absolute Gasteiger partial charge is 0.286 e. The van der Waals surface area contributed by atoms with Crippen LogP contribution < -0.4 is 0 Å². The summed E-state index contributed by atoms with van der Waals surface area (Å²) in [5, 5.41) is 10.1. The smallest absolute Gasteiger partial charge is 0.272 e. The van der Waals surface area contributed by atoms with Crippen LogP contribution in [0.25, 0.3) is 0 Å². The van der Waals surface area contributed by atoms with Crippen molar-refractivity contribution in [3.05, 3.63) is 11.6 Å². The molecule has 0 saturated heterocycles. The van der Waals surface area contributed by atoms with Crippen molar-refractivity contribution in [1.29, 1.82) is 0 Å². The van der Waals surface area contributed by atoms with Gasteiger partial charge in [0.05, 0.1) is 0 Å². The number of fused-ring (bicyclic) bond motifs is 3. The molecule has 0 spiro atoms. The van der Waals surface area contributed by atoms with Crippen LogP contribution in [0.4, 0.5) is 0 Å². The molecule has 0 heterocycles. The minimum Gasteiger partial charge on any atom is -0.286 e. The van der Waals surface area contributed by atoms with Gasteiger partial charge in [-0.1, -0.05) is 32.8 Å². The molecule has 0 aromatic rings. The van der Waals surface area contributed by atoms with Gasteiger partial charge in [-0.25, -0.2) is 5.06 Å². The molecule has 108 valence electrons. The third kappa shape index (κ3) is 3.38. The molecule has 2 rings (SSSR count). The molecular formula is C16H27NO2. The van der Waals surface area contributed by atoms with Crippen molar-refractivity contribution in [2.24, 2.45) is 17.3 Å². The van der Waals surface area contributed by atoms with Gasteiger partial charge < -0.3 is 0 Å². The summed E-state index contributed by atoms with van der Waals surface area (Å²) in [5.74, 6) is 1.14. The molecule has 0 aromatic carbocycles. The first-order chi connectivity index (χ1) is 8.90. The molecule has 19 heavy (non-hydrogen) atoms. The molecule has 1 N–H and O–H groups in total. The summed E-state index contributed by atoms with van der Waals surface area (Å²) in [6.45, 7) is 4.78. The van der Waals surface area contributed by atoms with Gasteiger partial charge in [0, 0.05) is 12.6 Å². The lowest BCUT2D eigenvalue weighted by Gasteiger charge is -2.34. The van der Waals surface area contributed by atoms with Crippen LogP contribution in [0.3, 0.4) is 0 Å². The van der Waals surface area contributed by atoms with Crippen LogP contribution in [0, 0.1) is 17.3 Å². The monoisotopic (exact) mass is 265 g/mol. The molecule has 2 unspecified atom stereocenters. The lowest BCUT2D eigenvalue weighted by molar-refractivity contribution is -0.154. The predicted molar refractivity (Wildman–Crippen MR) is 75.7 cm³/mol. The van der Waals surface area contributed by atoms with Gasteiger partial charge in [0.15, 0.2) is 0 Å². The summed E-state index contributed by atoms with van der Waals surface area (Å²) in [6, 6.07) is 0. The van der Waals surface area contributed by atoms with Gasteiger partial charge in [-0.15, -0.1) is 0 Å². The minimum atomic E-state index is -0.221. The Kier molecular flexibility index (Phi) is 4.34. The van der Waals surface area contributed by atoms with E-state index in [4.69, 9.17) is 0 Å². The summed E-state index contributed by atoms with van der Waals surface area (Å²) in [7, 11) is 1.42. The first kappa shape index (κ1) is 14.6. The van der Waals surface area contributed by atoms with Crippen LogP contribution >= 0.6 is 0 Å².